The summed E-state index contributed by atoms with van der Waals surface area (Å²) in [4.78, 5) is 11.8. The van der Waals surface area contributed by atoms with E-state index in [1.54, 1.807) is 12.1 Å². The molecule has 0 aliphatic heterocycles. The molecule has 0 aliphatic rings. The zero-order valence-corrected chi connectivity index (χ0v) is 12.8. The number of hydrogen-bond donors (Lipinski definition) is 2. The van der Waals surface area contributed by atoms with Crippen molar-refractivity contribution in [3.8, 4) is 0 Å². The second-order valence-electron chi connectivity index (χ2n) is 4.71. The number of benzene rings is 1. The second kappa shape index (κ2) is 7.73. The van der Waals surface area contributed by atoms with Crippen molar-refractivity contribution in [1.29, 1.82) is 0 Å². The first-order valence-electron chi connectivity index (χ1n) is 6.44. The molecule has 0 aromatic heterocycles. The molecule has 0 aliphatic carbocycles. The molecule has 0 radical (unpaired) electrons. The number of carbonyl (C=O) groups is 1. The number of amides is 1. The fourth-order valence-electron chi connectivity index (χ4n) is 1.94. The maximum atomic E-state index is 11.8. The summed E-state index contributed by atoms with van der Waals surface area (Å²) in [5, 5.41) is 4.03. The van der Waals surface area contributed by atoms with Crippen molar-refractivity contribution in [2.24, 2.45) is 5.73 Å². The third-order valence-electron chi connectivity index (χ3n) is 2.91. The van der Waals surface area contributed by atoms with Gasteiger partial charge in [0.25, 0.3) is 0 Å². The summed E-state index contributed by atoms with van der Waals surface area (Å²) in [6, 6.07) is 5.00. The van der Waals surface area contributed by atoms with Crippen LogP contribution in [0.1, 0.15) is 44.7 Å². The Morgan fingerprint density at radius 3 is 2.68 bits per heavy atom. The fourth-order valence-corrected chi connectivity index (χ4v) is 2.51. The van der Waals surface area contributed by atoms with Crippen LogP contribution in [0.25, 0.3) is 0 Å². The maximum Gasteiger partial charge on any atom is 0.222 e. The lowest BCUT2D eigenvalue weighted by atomic mass is 10.1. The molecule has 0 heterocycles. The first-order chi connectivity index (χ1) is 8.93. The Balaban J connectivity index is 2.59. The third kappa shape index (κ3) is 5.39. The van der Waals surface area contributed by atoms with Gasteiger partial charge in [-0.25, -0.2) is 0 Å². The van der Waals surface area contributed by atoms with Crippen molar-refractivity contribution in [3.63, 3.8) is 0 Å². The molecule has 0 saturated carbocycles. The van der Waals surface area contributed by atoms with Gasteiger partial charge in [-0.2, -0.15) is 0 Å². The van der Waals surface area contributed by atoms with Crippen LogP contribution in [-0.2, 0) is 4.79 Å². The van der Waals surface area contributed by atoms with Crippen molar-refractivity contribution in [2.45, 2.75) is 45.2 Å². The van der Waals surface area contributed by atoms with Crippen molar-refractivity contribution in [2.75, 3.05) is 0 Å². The molecule has 1 aromatic carbocycles. The molecule has 1 aromatic rings. The lowest BCUT2D eigenvalue weighted by Crippen LogP contribution is -2.33. The predicted molar refractivity (Wildman–Crippen MR) is 80.5 cm³/mol. The van der Waals surface area contributed by atoms with Crippen molar-refractivity contribution >= 4 is 29.1 Å². The largest absolute Gasteiger partial charge is 0.349 e. The Labute approximate surface area is 124 Å². The molecule has 1 amide bonds. The van der Waals surface area contributed by atoms with E-state index in [2.05, 4.69) is 5.32 Å². The van der Waals surface area contributed by atoms with Crippen LogP contribution in [0.2, 0.25) is 10.0 Å². The molecule has 2 atom stereocenters. The number of nitrogens with two attached hydrogens (primary N) is 1. The van der Waals surface area contributed by atoms with Crippen LogP contribution in [0.15, 0.2) is 18.2 Å². The minimum atomic E-state index is -0.161. The van der Waals surface area contributed by atoms with Crippen LogP contribution in [0, 0.1) is 0 Å². The van der Waals surface area contributed by atoms with E-state index in [4.69, 9.17) is 28.9 Å². The zero-order valence-electron chi connectivity index (χ0n) is 11.2. The van der Waals surface area contributed by atoms with Gasteiger partial charge in [-0.1, -0.05) is 42.6 Å². The average molecular weight is 303 g/mol. The van der Waals surface area contributed by atoms with Gasteiger partial charge in [-0.3, -0.25) is 4.79 Å². The van der Waals surface area contributed by atoms with Crippen LogP contribution in [0.4, 0.5) is 0 Å². The van der Waals surface area contributed by atoms with Crippen molar-refractivity contribution in [3.05, 3.63) is 33.8 Å². The Hall–Kier alpha value is -0.770. The molecular weight excluding hydrogens is 283 g/mol. The Morgan fingerprint density at radius 2 is 2.11 bits per heavy atom. The molecular formula is C14H20Cl2N2O. The molecule has 3 N–H and O–H groups in total. The molecule has 1 rings (SSSR count). The highest BCUT2D eigenvalue weighted by Crippen LogP contribution is 2.26. The zero-order chi connectivity index (χ0) is 14.4. The van der Waals surface area contributed by atoms with Crippen LogP contribution >= 0.6 is 23.2 Å². The highest BCUT2D eigenvalue weighted by molar-refractivity contribution is 6.35. The van der Waals surface area contributed by atoms with Crippen molar-refractivity contribution < 1.29 is 4.79 Å². The summed E-state index contributed by atoms with van der Waals surface area (Å²) in [6.45, 7) is 3.94. The van der Waals surface area contributed by atoms with E-state index in [1.165, 1.54) is 0 Å². The predicted octanol–water partition coefficient (Wildman–Crippen LogP) is 3.69. The number of hydrogen-bond acceptors (Lipinski definition) is 2. The van der Waals surface area contributed by atoms with E-state index in [0.29, 0.717) is 16.5 Å². The molecule has 0 bridgehead atoms. The lowest BCUT2D eigenvalue weighted by Gasteiger charge is -2.17. The van der Waals surface area contributed by atoms with Gasteiger partial charge < -0.3 is 11.1 Å². The molecule has 19 heavy (non-hydrogen) atoms. The van der Waals surface area contributed by atoms with Gasteiger partial charge in [0.2, 0.25) is 5.91 Å². The minimum Gasteiger partial charge on any atom is -0.349 e. The van der Waals surface area contributed by atoms with Gasteiger partial charge in [-0.15, -0.1) is 0 Å². The van der Waals surface area contributed by atoms with Crippen LogP contribution in [-0.4, -0.2) is 11.9 Å². The summed E-state index contributed by atoms with van der Waals surface area (Å²) in [6.07, 6.45) is 2.17. The highest BCUT2D eigenvalue weighted by atomic mass is 35.5. The van der Waals surface area contributed by atoms with Gasteiger partial charge in [0.15, 0.2) is 0 Å². The first kappa shape index (κ1) is 16.3. The molecule has 5 heteroatoms. The van der Waals surface area contributed by atoms with E-state index in [9.17, 15) is 4.79 Å². The Bertz CT molecular complexity index is 437. The molecule has 0 saturated heterocycles. The maximum absolute atomic E-state index is 11.8. The van der Waals surface area contributed by atoms with E-state index in [1.807, 2.05) is 19.9 Å². The molecule has 106 valence electrons. The van der Waals surface area contributed by atoms with E-state index in [0.717, 1.165) is 18.4 Å². The van der Waals surface area contributed by atoms with Crippen LogP contribution in [0.3, 0.4) is 0 Å². The standard InChI is InChI=1S/C14H20Cl2N2O/c1-3-4-11(17)8-14(19)18-9(2)12-6-5-10(15)7-13(12)16/h5-7,9,11H,3-4,8,17H2,1-2H3,(H,18,19). The van der Waals surface area contributed by atoms with E-state index < -0.39 is 0 Å². The number of carbonyl (C=O) groups excluding carboxylic acids is 1. The third-order valence-corrected chi connectivity index (χ3v) is 3.48. The molecule has 3 nitrogen and oxygen atoms in total. The second-order valence-corrected chi connectivity index (χ2v) is 5.55. The van der Waals surface area contributed by atoms with Gasteiger partial charge in [-0.05, 0) is 31.0 Å². The van der Waals surface area contributed by atoms with E-state index >= 15 is 0 Å². The van der Waals surface area contributed by atoms with Gasteiger partial charge in [0.05, 0.1) is 6.04 Å². The minimum absolute atomic E-state index is 0.0560. The topological polar surface area (TPSA) is 55.1 Å². The Morgan fingerprint density at radius 1 is 1.42 bits per heavy atom. The van der Waals surface area contributed by atoms with Crippen molar-refractivity contribution in [1.82, 2.24) is 5.32 Å². The molecule has 0 fully saturated rings. The monoisotopic (exact) mass is 302 g/mol. The van der Waals surface area contributed by atoms with Crippen LogP contribution in [0.5, 0.6) is 0 Å². The fraction of sp³-hybridized carbons (Fsp3) is 0.500. The van der Waals surface area contributed by atoms with E-state index in [-0.39, 0.29) is 18.0 Å². The quantitative estimate of drug-likeness (QED) is 0.842. The van der Waals surface area contributed by atoms with Gasteiger partial charge >= 0.3 is 0 Å². The number of rotatable bonds is 6. The first-order valence-corrected chi connectivity index (χ1v) is 7.19. The SMILES string of the molecule is CCCC(N)CC(=O)NC(C)c1ccc(Cl)cc1Cl. The number of nitrogens with one attached hydrogen (secondary N) is 1. The summed E-state index contributed by atoms with van der Waals surface area (Å²) in [5.74, 6) is -0.0560. The van der Waals surface area contributed by atoms with Gasteiger partial charge in [0, 0.05) is 22.5 Å². The Kier molecular flexibility index (Phi) is 6.63. The highest BCUT2D eigenvalue weighted by Gasteiger charge is 2.14. The van der Waals surface area contributed by atoms with Crippen LogP contribution < -0.4 is 11.1 Å². The van der Waals surface area contributed by atoms with Gasteiger partial charge in [0.1, 0.15) is 0 Å². The normalized spacial score (nSPS) is 13.9. The summed E-state index contributed by atoms with van der Waals surface area (Å²) >= 11 is 11.9. The smallest absolute Gasteiger partial charge is 0.222 e. The lowest BCUT2D eigenvalue weighted by molar-refractivity contribution is -0.122. The molecule has 0 spiro atoms. The summed E-state index contributed by atoms with van der Waals surface area (Å²) < 4.78 is 0. The summed E-state index contributed by atoms with van der Waals surface area (Å²) in [5.41, 5.74) is 6.70. The molecule has 2 unspecified atom stereocenters. The average Bonchev–Trinajstić information content (AvgIpc) is 2.28. The number of halogens is 2. The summed E-state index contributed by atoms with van der Waals surface area (Å²) in [7, 11) is 0.